The van der Waals surface area contributed by atoms with Gasteiger partial charge in [0.25, 0.3) is 0 Å². The van der Waals surface area contributed by atoms with Gasteiger partial charge in [-0.05, 0) is 0 Å². The standard InChI is InChI=1S/C2H7N3S/c1-6(2,4)5-3/h3H,1-2H3. The fraction of sp³-hybridized carbons (Fsp3) is 1.00. The van der Waals surface area contributed by atoms with E-state index in [0.717, 1.165) is 0 Å². The second kappa shape index (κ2) is 1.41. The Morgan fingerprint density at radius 3 is 1.83 bits per heavy atom. The van der Waals surface area contributed by atoms with Gasteiger partial charge in [-0.15, -0.1) is 4.52 Å². The van der Waals surface area contributed by atoms with Crippen molar-refractivity contribution in [3.05, 3.63) is 0 Å². The molecule has 0 fully saturated rings. The lowest BCUT2D eigenvalue weighted by Crippen LogP contribution is -1.62. The molecule has 6 heavy (non-hydrogen) atoms. The highest BCUT2D eigenvalue weighted by atomic mass is 32.2. The van der Waals surface area contributed by atoms with Gasteiger partial charge in [0.05, 0.1) is 0 Å². The summed E-state index contributed by atoms with van der Waals surface area (Å²) < 4.78 is 11.5. The molecule has 0 aromatic heterocycles. The van der Waals surface area contributed by atoms with Gasteiger partial charge in [-0.2, -0.15) is 5.53 Å². The largest absolute Gasteiger partial charge is 0.207 e. The molecule has 0 spiro atoms. The molecule has 0 amide bonds. The second-order valence-electron chi connectivity index (χ2n) is 1.31. The number of rotatable bonds is 0. The molecule has 0 radical (unpaired) electrons. The molecule has 0 unspecified atom stereocenters. The quantitative estimate of drug-likeness (QED) is 0.466. The number of nitrogens with one attached hydrogen (secondary N) is 1. The van der Waals surface area contributed by atoms with E-state index in [0.29, 0.717) is 0 Å². The third kappa shape index (κ3) is 3.66. The van der Waals surface area contributed by atoms with E-state index in [1.165, 1.54) is 12.5 Å². The highest BCUT2D eigenvalue weighted by Gasteiger charge is 1.87. The summed E-state index contributed by atoms with van der Waals surface area (Å²) in [6.07, 6.45) is 3.06. The molecule has 0 saturated carbocycles. The van der Waals surface area contributed by atoms with Crippen molar-refractivity contribution in [1.29, 1.82) is 10.1 Å². The van der Waals surface area contributed by atoms with Crippen LogP contribution in [-0.4, -0.2) is 12.5 Å². The zero-order valence-electron chi connectivity index (χ0n) is 3.80. The minimum atomic E-state index is -1.87. The smallest absolute Gasteiger partial charge is 0.0428 e. The van der Waals surface area contributed by atoms with Crippen molar-refractivity contribution in [1.82, 2.24) is 0 Å². The van der Waals surface area contributed by atoms with Crippen LogP contribution < -0.4 is 0 Å². The number of nitrogens with zero attached hydrogens (tertiary/aromatic N) is 2. The molecule has 0 atom stereocenters. The van der Waals surface area contributed by atoms with Crippen LogP contribution in [0.25, 0.3) is 0 Å². The van der Waals surface area contributed by atoms with Crippen LogP contribution in [0, 0.1) is 10.1 Å². The molecule has 4 heteroatoms. The highest BCUT2D eigenvalue weighted by Crippen LogP contribution is 2.20. The third-order valence-corrected chi connectivity index (χ3v) is 0.670. The van der Waals surface area contributed by atoms with Gasteiger partial charge in [0.2, 0.25) is 0 Å². The normalized spacial score (nSPS) is 10.8. The Labute approximate surface area is 37.9 Å². The van der Waals surface area contributed by atoms with E-state index >= 15 is 0 Å². The van der Waals surface area contributed by atoms with Gasteiger partial charge in [0, 0.05) is 22.4 Å². The van der Waals surface area contributed by atoms with Crippen LogP contribution >= 0.6 is 9.84 Å². The lowest BCUT2D eigenvalue weighted by Gasteiger charge is -1.88. The first-order valence-electron chi connectivity index (χ1n) is 1.41. The minimum absolute atomic E-state index is 1.53. The fourth-order valence-corrected chi connectivity index (χ4v) is 0. The summed E-state index contributed by atoms with van der Waals surface area (Å²) in [7, 11) is -1.87. The van der Waals surface area contributed by atoms with Gasteiger partial charge in [-0.1, -0.05) is 0 Å². The van der Waals surface area contributed by atoms with Crippen LogP contribution in [0.4, 0.5) is 0 Å². The van der Waals surface area contributed by atoms with E-state index in [9.17, 15) is 0 Å². The topological polar surface area (TPSA) is 60.0 Å². The van der Waals surface area contributed by atoms with Crippen molar-refractivity contribution in [3.8, 4) is 0 Å². The molecule has 0 aliphatic carbocycles. The Morgan fingerprint density at radius 1 is 1.67 bits per heavy atom. The van der Waals surface area contributed by atoms with Gasteiger partial charge in [-0.3, -0.25) is 0 Å². The van der Waals surface area contributed by atoms with E-state index in [4.69, 9.17) is 10.1 Å². The fourth-order valence-electron chi connectivity index (χ4n) is 0. The summed E-state index contributed by atoms with van der Waals surface area (Å²) in [5.74, 6) is 0. The third-order valence-electron chi connectivity index (χ3n) is 0.223. The van der Waals surface area contributed by atoms with E-state index in [1.807, 2.05) is 0 Å². The van der Waals surface area contributed by atoms with Crippen LogP contribution in [0.5, 0.6) is 0 Å². The highest BCUT2D eigenvalue weighted by molar-refractivity contribution is 8.19. The maximum Gasteiger partial charge on any atom is 0.0428 e. The monoisotopic (exact) mass is 105 g/mol. The SMILES string of the molecule is CS(C)(#N)N=N. The molecule has 0 aromatic carbocycles. The second-order valence-corrected chi connectivity index (χ2v) is 3.93. The van der Waals surface area contributed by atoms with E-state index < -0.39 is 9.84 Å². The molecule has 0 rings (SSSR count). The molecule has 1 N–H and O–H groups in total. The summed E-state index contributed by atoms with van der Waals surface area (Å²) in [4.78, 5) is 0. The Kier molecular flexibility index (Phi) is 1.33. The Hall–Kier alpha value is -0.340. The van der Waals surface area contributed by atoms with Gasteiger partial charge < -0.3 is 0 Å². The van der Waals surface area contributed by atoms with Crippen molar-refractivity contribution < 1.29 is 0 Å². The van der Waals surface area contributed by atoms with E-state index in [1.54, 1.807) is 0 Å². The maximum atomic E-state index is 8.56. The summed E-state index contributed by atoms with van der Waals surface area (Å²) in [5, 5.41) is 0. The van der Waals surface area contributed by atoms with Gasteiger partial charge in [0.15, 0.2) is 0 Å². The molecular formula is C2H7N3S. The predicted octanol–water partition coefficient (Wildman–Crippen LogP) is 1.48. The van der Waals surface area contributed by atoms with Gasteiger partial charge in [-0.25, -0.2) is 4.61 Å². The molecule has 0 aliphatic rings. The minimum Gasteiger partial charge on any atom is -0.207 e. The molecule has 0 bridgehead atoms. The van der Waals surface area contributed by atoms with Gasteiger partial charge in [0.1, 0.15) is 0 Å². The number of hydrogen-bond donors (Lipinski definition) is 1. The molecule has 36 valence electrons. The molecule has 0 aromatic rings. The van der Waals surface area contributed by atoms with Crippen LogP contribution in [0.15, 0.2) is 4.52 Å². The van der Waals surface area contributed by atoms with Crippen molar-refractivity contribution in [2.75, 3.05) is 12.5 Å². The lowest BCUT2D eigenvalue weighted by atomic mass is 11.9. The Bertz CT molecular complexity index is 130. The predicted molar refractivity (Wildman–Crippen MR) is 26.3 cm³/mol. The first-order chi connectivity index (χ1) is 2.56. The van der Waals surface area contributed by atoms with Crippen LogP contribution in [0.1, 0.15) is 0 Å². The average Bonchev–Trinajstić information content (AvgIpc) is 1.35. The van der Waals surface area contributed by atoms with Crippen molar-refractivity contribution in [2.24, 2.45) is 4.52 Å². The summed E-state index contributed by atoms with van der Waals surface area (Å²) in [6, 6.07) is 0. The molecule has 0 heterocycles. The van der Waals surface area contributed by atoms with Crippen LogP contribution in [-0.2, 0) is 0 Å². The molecule has 3 nitrogen and oxygen atoms in total. The Morgan fingerprint density at radius 2 is 1.83 bits per heavy atom. The lowest BCUT2D eigenvalue weighted by molar-refractivity contribution is 1.24. The zero-order valence-corrected chi connectivity index (χ0v) is 4.62. The summed E-state index contributed by atoms with van der Waals surface area (Å²) >= 11 is 0. The number of hydrogen-bond acceptors (Lipinski definition) is 3. The maximum absolute atomic E-state index is 8.56. The van der Waals surface area contributed by atoms with Crippen molar-refractivity contribution in [2.45, 2.75) is 0 Å². The summed E-state index contributed by atoms with van der Waals surface area (Å²) in [5.41, 5.74) is 6.27. The first-order valence-corrected chi connectivity index (χ1v) is 3.77. The summed E-state index contributed by atoms with van der Waals surface area (Å²) in [6.45, 7) is 0. The van der Waals surface area contributed by atoms with Gasteiger partial charge >= 0.3 is 0 Å². The molecule has 0 aliphatic heterocycles. The van der Waals surface area contributed by atoms with Crippen LogP contribution in [0.3, 0.4) is 0 Å². The van der Waals surface area contributed by atoms with Crippen molar-refractivity contribution >= 4 is 9.84 Å². The molecule has 0 saturated heterocycles. The van der Waals surface area contributed by atoms with Crippen LogP contribution in [0.2, 0.25) is 0 Å². The Balaban J connectivity index is 3.96. The van der Waals surface area contributed by atoms with E-state index in [2.05, 4.69) is 4.52 Å². The van der Waals surface area contributed by atoms with Crippen molar-refractivity contribution in [3.63, 3.8) is 0 Å². The first kappa shape index (κ1) is 5.66. The molecular weight excluding hydrogens is 98.1 g/mol. The zero-order chi connectivity index (χ0) is 5.21. The average molecular weight is 105 g/mol. The van der Waals surface area contributed by atoms with E-state index in [-0.39, 0.29) is 0 Å².